The van der Waals surface area contributed by atoms with E-state index in [4.69, 9.17) is 9.84 Å². The molecule has 2 bridgehead atoms. The highest BCUT2D eigenvalue weighted by atomic mass is 16.5. The lowest BCUT2D eigenvalue weighted by Crippen LogP contribution is -2.74. The number of hydrogen-bond acceptors (Lipinski definition) is 4. The Morgan fingerprint density at radius 2 is 1.94 bits per heavy atom. The van der Waals surface area contributed by atoms with Crippen LogP contribution in [-0.2, 0) is 24.7 Å². The van der Waals surface area contributed by atoms with E-state index in [0.29, 0.717) is 6.42 Å². The van der Waals surface area contributed by atoms with Gasteiger partial charge in [-0.05, 0) is 86.0 Å². The second-order valence-electron chi connectivity index (χ2n) is 11.0. The molecule has 3 aromatic rings. The standard InChI is InChI=1S/C29H33N3O2/c1-19-24-16-29(33)27-14-21-10-11-23(34-2)15-25(21)28(29,12-13-31(27)18-20-8-9-20)17-26(24)30-32(19)22-6-4-3-5-7-22/h3-7,10-11,15,20,27,33H,8-9,12-14,16-18H2,1-2H3/t27-,28?,29-/m1/s1. The third-order valence-corrected chi connectivity index (χ3v) is 9.32. The molecule has 0 radical (unpaired) electrons. The van der Waals surface area contributed by atoms with E-state index in [1.165, 1.54) is 29.5 Å². The molecule has 0 spiro atoms. The minimum atomic E-state index is -0.804. The van der Waals surface area contributed by atoms with Gasteiger partial charge in [0.25, 0.3) is 0 Å². The second-order valence-corrected chi connectivity index (χ2v) is 11.0. The molecule has 2 fully saturated rings. The number of piperidine rings is 1. The zero-order valence-electron chi connectivity index (χ0n) is 20.1. The van der Waals surface area contributed by atoms with Crippen LogP contribution in [0.5, 0.6) is 5.75 Å². The van der Waals surface area contributed by atoms with Crippen LogP contribution in [0.4, 0.5) is 0 Å². The Balaban J connectivity index is 1.40. The van der Waals surface area contributed by atoms with Crippen molar-refractivity contribution in [1.29, 1.82) is 0 Å². The normalized spacial score (nSPS) is 29.8. The molecule has 1 N–H and O–H groups in total. The number of benzene rings is 2. The molecule has 1 aromatic heterocycles. The zero-order valence-corrected chi connectivity index (χ0v) is 20.1. The molecule has 1 saturated carbocycles. The van der Waals surface area contributed by atoms with Gasteiger partial charge in [-0.15, -0.1) is 0 Å². The summed E-state index contributed by atoms with van der Waals surface area (Å²) in [6.45, 7) is 4.34. The average Bonchev–Trinajstić information content (AvgIpc) is 3.62. The molecule has 7 rings (SSSR count). The summed E-state index contributed by atoms with van der Waals surface area (Å²) in [5, 5.41) is 17.9. The lowest BCUT2D eigenvalue weighted by Gasteiger charge is -2.63. The minimum absolute atomic E-state index is 0.148. The highest BCUT2D eigenvalue weighted by molar-refractivity contribution is 5.53. The van der Waals surface area contributed by atoms with Crippen LogP contribution >= 0.6 is 0 Å². The van der Waals surface area contributed by atoms with Crippen LogP contribution in [0.25, 0.3) is 5.69 Å². The number of methoxy groups -OCH3 is 1. The van der Waals surface area contributed by atoms with Gasteiger partial charge < -0.3 is 9.84 Å². The molecule has 1 saturated heterocycles. The van der Waals surface area contributed by atoms with Gasteiger partial charge in [-0.1, -0.05) is 24.3 Å². The van der Waals surface area contributed by atoms with Crippen molar-refractivity contribution in [2.24, 2.45) is 5.92 Å². The van der Waals surface area contributed by atoms with Crippen molar-refractivity contribution in [1.82, 2.24) is 14.7 Å². The van der Waals surface area contributed by atoms with E-state index in [9.17, 15) is 5.11 Å². The van der Waals surface area contributed by atoms with E-state index in [1.54, 1.807) is 7.11 Å². The first-order chi connectivity index (χ1) is 16.5. The third-order valence-electron chi connectivity index (χ3n) is 9.32. The summed E-state index contributed by atoms with van der Waals surface area (Å²) < 4.78 is 7.73. The molecule has 3 atom stereocenters. The highest BCUT2D eigenvalue weighted by Gasteiger charge is 2.65. The summed E-state index contributed by atoms with van der Waals surface area (Å²) >= 11 is 0. The van der Waals surface area contributed by atoms with Crippen LogP contribution in [0.15, 0.2) is 48.5 Å². The van der Waals surface area contributed by atoms with Crippen LogP contribution < -0.4 is 4.74 Å². The fourth-order valence-corrected chi connectivity index (χ4v) is 7.32. The molecular formula is C29H33N3O2. The topological polar surface area (TPSA) is 50.5 Å². The van der Waals surface area contributed by atoms with Gasteiger partial charge in [0, 0.05) is 36.5 Å². The molecule has 176 valence electrons. The van der Waals surface area contributed by atoms with Crippen molar-refractivity contribution in [2.45, 2.75) is 62.5 Å². The molecule has 34 heavy (non-hydrogen) atoms. The maximum absolute atomic E-state index is 12.8. The molecule has 5 nitrogen and oxygen atoms in total. The first-order valence-corrected chi connectivity index (χ1v) is 12.8. The predicted octanol–water partition coefficient (Wildman–Crippen LogP) is 4.00. The van der Waals surface area contributed by atoms with Gasteiger partial charge in [0.2, 0.25) is 0 Å². The van der Waals surface area contributed by atoms with Crippen LogP contribution in [0, 0.1) is 12.8 Å². The Labute approximate surface area is 201 Å². The molecule has 1 unspecified atom stereocenters. The largest absolute Gasteiger partial charge is 0.497 e. The van der Waals surface area contributed by atoms with Crippen molar-refractivity contribution < 1.29 is 9.84 Å². The third kappa shape index (κ3) is 2.77. The van der Waals surface area contributed by atoms with Crippen molar-refractivity contribution in [3.63, 3.8) is 0 Å². The van der Waals surface area contributed by atoms with Crippen molar-refractivity contribution in [2.75, 3.05) is 20.2 Å². The Morgan fingerprint density at radius 3 is 2.71 bits per heavy atom. The first-order valence-electron chi connectivity index (χ1n) is 12.8. The lowest BCUT2D eigenvalue weighted by atomic mass is 9.49. The van der Waals surface area contributed by atoms with Gasteiger partial charge in [0.1, 0.15) is 5.75 Å². The molecule has 2 aromatic carbocycles. The summed E-state index contributed by atoms with van der Waals surface area (Å²) in [5.41, 5.74) is 6.17. The summed E-state index contributed by atoms with van der Waals surface area (Å²) in [4.78, 5) is 2.63. The number of nitrogens with zero attached hydrogens (tertiary/aromatic N) is 3. The summed E-state index contributed by atoms with van der Waals surface area (Å²) in [6.07, 6.45) is 6.01. The van der Waals surface area contributed by atoms with Gasteiger partial charge in [0.15, 0.2) is 0 Å². The van der Waals surface area contributed by atoms with Crippen LogP contribution in [0.1, 0.15) is 47.3 Å². The Morgan fingerprint density at radius 1 is 1.12 bits per heavy atom. The van der Waals surface area contributed by atoms with E-state index >= 15 is 0 Å². The number of aliphatic hydroxyl groups is 1. The molecule has 3 aliphatic carbocycles. The molecule has 1 aliphatic heterocycles. The molecule has 5 heteroatoms. The van der Waals surface area contributed by atoms with E-state index in [-0.39, 0.29) is 11.5 Å². The molecule has 2 heterocycles. The van der Waals surface area contributed by atoms with Gasteiger partial charge in [0.05, 0.1) is 24.1 Å². The van der Waals surface area contributed by atoms with E-state index in [0.717, 1.165) is 61.1 Å². The first kappa shape index (κ1) is 20.7. The minimum Gasteiger partial charge on any atom is -0.497 e. The average molecular weight is 456 g/mol. The fourth-order valence-electron chi connectivity index (χ4n) is 7.32. The molecule has 0 amide bonds. The Kier molecular flexibility index (Phi) is 4.38. The van der Waals surface area contributed by atoms with Crippen LogP contribution in [0.3, 0.4) is 0 Å². The van der Waals surface area contributed by atoms with Gasteiger partial charge in [-0.25, -0.2) is 4.68 Å². The van der Waals surface area contributed by atoms with Crippen LogP contribution in [-0.4, -0.2) is 51.6 Å². The number of fused-ring (bicyclic) bond motifs is 2. The van der Waals surface area contributed by atoms with Crippen molar-refractivity contribution in [3.8, 4) is 11.4 Å². The second kappa shape index (κ2) is 7.19. The maximum Gasteiger partial charge on any atom is 0.119 e. The fraction of sp³-hybridized carbons (Fsp3) is 0.483. The number of hydrogen-bond donors (Lipinski definition) is 1. The Bertz CT molecular complexity index is 1260. The van der Waals surface area contributed by atoms with E-state index in [1.807, 2.05) is 6.07 Å². The predicted molar refractivity (Wildman–Crippen MR) is 132 cm³/mol. The van der Waals surface area contributed by atoms with E-state index < -0.39 is 5.60 Å². The number of ether oxygens (including phenoxy) is 1. The number of likely N-dealkylation sites (tertiary alicyclic amines) is 1. The SMILES string of the molecule is COc1ccc2c(c1)C13CCN(CC4CC4)[C@H](C2)[C@]1(O)Cc1c(nn(-c2ccccc2)c1C)C3. The van der Waals surface area contributed by atoms with Crippen LogP contribution in [0.2, 0.25) is 0 Å². The van der Waals surface area contributed by atoms with Gasteiger partial charge >= 0.3 is 0 Å². The Hall–Kier alpha value is -2.63. The van der Waals surface area contributed by atoms with Crippen molar-refractivity contribution in [3.05, 3.63) is 76.6 Å². The van der Waals surface area contributed by atoms with Gasteiger partial charge in [-0.3, -0.25) is 4.90 Å². The molecular weight excluding hydrogens is 422 g/mol. The van der Waals surface area contributed by atoms with Crippen molar-refractivity contribution >= 4 is 0 Å². The maximum atomic E-state index is 12.8. The summed E-state index contributed by atoms with van der Waals surface area (Å²) in [7, 11) is 1.74. The lowest BCUT2D eigenvalue weighted by molar-refractivity contribution is -0.152. The zero-order chi connectivity index (χ0) is 23.1. The molecule has 4 aliphatic rings. The quantitative estimate of drug-likeness (QED) is 0.646. The monoisotopic (exact) mass is 455 g/mol. The number of para-hydroxylation sites is 1. The number of aromatic nitrogens is 2. The summed E-state index contributed by atoms with van der Waals surface area (Å²) in [6, 6.07) is 17.1. The smallest absolute Gasteiger partial charge is 0.119 e. The number of rotatable bonds is 4. The van der Waals surface area contributed by atoms with E-state index in [2.05, 4.69) is 59.0 Å². The summed E-state index contributed by atoms with van der Waals surface area (Å²) in [5.74, 6) is 1.70. The highest BCUT2D eigenvalue weighted by Crippen LogP contribution is 2.58. The van der Waals surface area contributed by atoms with Gasteiger partial charge in [-0.2, -0.15) is 5.10 Å².